The fourth-order valence-corrected chi connectivity index (χ4v) is 2.53. The number of piperidine rings is 1. The van der Waals surface area contributed by atoms with E-state index < -0.39 is 5.97 Å². The van der Waals surface area contributed by atoms with Crippen LogP contribution in [0.3, 0.4) is 0 Å². The standard InChI is InChI=1S/C14H21N3O2/c1-14(2)5-4-6-17(9-14)12-7-10(13(18)19-3)11(15)8-16-12/h7-8H,4-6,9,15H2,1-3H3. The number of hydrogen-bond acceptors (Lipinski definition) is 5. The third-order valence-corrected chi connectivity index (χ3v) is 3.55. The lowest BCUT2D eigenvalue weighted by Crippen LogP contribution is -2.40. The van der Waals surface area contributed by atoms with E-state index in [2.05, 4.69) is 23.7 Å². The molecule has 1 fully saturated rings. The molecule has 19 heavy (non-hydrogen) atoms. The lowest BCUT2D eigenvalue weighted by atomic mass is 9.84. The number of ether oxygens (including phenoxy) is 1. The van der Waals surface area contributed by atoms with Gasteiger partial charge in [0.05, 0.1) is 24.6 Å². The molecule has 0 bridgehead atoms. The summed E-state index contributed by atoms with van der Waals surface area (Å²) >= 11 is 0. The molecule has 1 saturated heterocycles. The molecule has 0 amide bonds. The van der Waals surface area contributed by atoms with Crippen LogP contribution in [0.25, 0.3) is 0 Å². The van der Waals surface area contributed by atoms with Gasteiger partial charge in [-0.3, -0.25) is 0 Å². The van der Waals surface area contributed by atoms with Crippen LogP contribution in [0.5, 0.6) is 0 Å². The van der Waals surface area contributed by atoms with Gasteiger partial charge in [-0.1, -0.05) is 13.8 Å². The molecule has 2 rings (SSSR count). The van der Waals surface area contributed by atoms with Crippen LogP contribution in [0, 0.1) is 5.41 Å². The fraction of sp³-hybridized carbons (Fsp3) is 0.571. The molecule has 1 aliphatic heterocycles. The lowest BCUT2D eigenvalue weighted by Gasteiger charge is -2.38. The summed E-state index contributed by atoms with van der Waals surface area (Å²) in [5.41, 5.74) is 6.78. The van der Waals surface area contributed by atoms with Crippen LogP contribution in [-0.4, -0.2) is 31.2 Å². The highest BCUT2D eigenvalue weighted by molar-refractivity contribution is 5.95. The molecular weight excluding hydrogens is 242 g/mol. The molecule has 0 saturated carbocycles. The molecule has 0 spiro atoms. The number of carbonyl (C=O) groups excluding carboxylic acids is 1. The van der Waals surface area contributed by atoms with Crippen LogP contribution in [0.4, 0.5) is 11.5 Å². The quantitative estimate of drug-likeness (QED) is 0.827. The summed E-state index contributed by atoms with van der Waals surface area (Å²) in [6.45, 7) is 6.39. The zero-order valence-corrected chi connectivity index (χ0v) is 11.8. The predicted octanol–water partition coefficient (Wildman–Crippen LogP) is 2.08. The van der Waals surface area contributed by atoms with Crippen molar-refractivity contribution in [2.45, 2.75) is 26.7 Å². The Labute approximate surface area is 113 Å². The van der Waals surface area contributed by atoms with Gasteiger partial charge in [0.15, 0.2) is 0 Å². The first-order valence-corrected chi connectivity index (χ1v) is 6.52. The monoisotopic (exact) mass is 263 g/mol. The summed E-state index contributed by atoms with van der Waals surface area (Å²) in [6, 6.07) is 1.72. The minimum atomic E-state index is -0.419. The maximum atomic E-state index is 11.6. The van der Waals surface area contributed by atoms with Gasteiger partial charge in [0.25, 0.3) is 0 Å². The Bertz CT molecular complexity index is 486. The molecule has 1 aliphatic rings. The molecule has 104 valence electrons. The van der Waals surface area contributed by atoms with Crippen molar-refractivity contribution in [1.82, 2.24) is 4.98 Å². The SMILES string of the molecule is COC(=O)c1cc(N2CCCC(C)(C)C2)ncc1N. The molecule has 2 N–H and O–H groups in total. The van der Waals surface area contributed by atoms with Gasteiger partial charge in [0.1, 0.15) is 5.82 Å². The van der Waals surface area contributed by atoms with E-state index in [0.717, 1.165) is 25.3 Å². The van der Waals surface area contributed by atoms with Crippen molar-refractivity contribution in [2.75, 3.05) is 30.8 Å². The Morgan fingerprint density at radius 3 is 2.89 bits per heavy atom. The number of aromatic nitrogens is 1. The molecule has 0 atom stereocenters. The smallest absolute Gasteiger partial charge is 0.340 e. The summed E-state index contributed by atoms with van der Waals surface area (Å²) in [6.07, 6.45) is 3.87. The highest BCUT2D eigenvalue weighted by Crippen LogP contribution is 2.31. The number of hydrogen-bond donors (Lipinski definition) is 1. The second-order valence-corrected chi connectivity index (χ2v) is 5.81. The second-order valence-electron chi connectivity index (χ2n) is 5.81. The Kier molecular flexibility index (Phi) is 3.64. The van der Waals surface area contributed by atoms with E-state index in [1.165, 1.54) is 19.7 Å². The number of rotatable bonds is 2. The summed E-state index contributed by atoms with van der Waals surface area (Å²) in [7, 11) is 1.35. The van der Waals surface area contributed by atoms with Crippen LogP contribution < -0.4 is 10.6 Å². The highest BCUT2D eigenvalue weighted by atomic mass is 16.5. The van der Waals surface area contributed by atoms with E-state index in [1.807, 2.05) is 0 Å². The Hall–Kier alpha value is -1.78. The number of methoxy groups -OCH3 is 1. The van der Waals surface area contributed by atoms with Gasteiger partial charge >= 0.3 is 5.97 Å². The molecular formula is C14H21N3O2. The molecule has 0 aromatic carbocycles. The summed E-state index contributed by atoms with van der Waals surface area (Å²) in [5, 5.41) is 0. The number of anilines is 2. The molecule has 1 aromatic rings. The normalized spacial score (nSPS) is 18.2. The zero-order valence-electron chi connectivity index (χ0n) is 11.8. The largest absolute Gasteiger partial charge is 0.465 e. The van der Waals surface area contributed by atoms with E-state index in [-0.39, 0.29) is 5.41 Å². The maximum Gasteiger partial charge on any atom is 0.340 e. The summed E-state index contributed by atoms with van der Waals surface area (Å²) in [5.74, 6) is 0.375. The van der Waals surface area contributed by atoms with E-state index in [0.29, 0.717) is 11.3 Å². The molecule has 2 heterocycles. The van der Waals surface area contributed by atoms with Crippen molar-refractivity contribution in [3.8, 4) is 0 Å². The first-order chi connectivity index (χ1) is 8.93. The third-order valence-electron chi connectivity index (χ3n) is 3.55. The van der Waals surface area contributed by atoms with Crippen molar-refractivity contribution in [1.29, 1.82) is 0 Å². The van der Waals surface area contributed by atoms with Gasteiger partial charge < -0.3 is 15.4 Å². The van der Waals surface area contributed by atoms with Crippen LogP contribution in [-0.2, 0) is 4.74 Å². The molecule has 0 radical (unpaired) electrons. The zero-order chi connectivity index (χ0) is 14.0. The summed E-state index contributed by atoms with van der Waals surface area (Å²) in [4.78, 5) is 18.2. The minimum Gasteiger partial charge on any atom is -0.465 e. The topological polar surface area (TPSA) is 68.5 Å². The third kappa shape index (κ3) is 2.97. The highest BCUT2D eigenvalue weighted by Gasteiger charge is 2.27. The van der Waals surface area contributed by atoms with E-state index in [1.54, 1.807) is 6.07 Å². The summed E-state index contributed by atoms with van der Waals surface area (Å²) < 4.78 is 4.74. The Morgan fingerprint density at radius 1 is 1.53 bits per heavy atom. The number of nitrogen functional groups attached to an aromatic ring is 1. The number of nitrogens with zero attached hydrogens (tertiary/aromatic N) is 2. The van der Waals surface area contributed by atoms with E-state index in [9.17, 15) is 4.79 Å². The van der Waals surface area contributed by atoms with Crippen LogP contribution in [0.1, 0.15) is 37.0 Å². The molecule has 0 aliphatic carbocycles. The second kappa shape index (κ2) is 5.07. The minimum absolute atomic E-state index is 0.271. The van der Waals surface area contributed by atoms with Crippen molar-refractivity contribution in [3.63, 3.8) is 0 Å². The van der Waals surface area contributed by atoms with Gasteiger partial charge in [-0.25, -0.2) is 9.78 Å². The van der Waals surface area contributed by atoms with Gasteiger partial charge in [-0.2, -0.15) is 0 Å². The molecule has 5 nitrogen and oxygen atoms in total. The predicted molar refractivity (Wildman–Crippen MR) is 75.2 cm³/mol. The number of carbonyl (C=O) groups is 1. The van der Waals surface area contributed by atoms with Gasteiger partial charge in [0.2, 0.25) is 0 Å². The number of pyridine rings is 1. The van der Waals surface area contributed by atoms with Gasteiger partial charge in [0, 0.05) is 13.1 Å². The van der Waals surface area contributed by atoms with Crippen LogP contribution in [0.2, 0.25) is 0 Å². The Morgan fingerprint density at radius 2 is 2.26 bits per heavy atom. The lowest BCUT2D eigenvalue weighted by molar-refractivity contribution is 0.0602. The Balaban J connectivity index is 2.28. The van der Waals surface area contributed by atoms with E-state index in [4.69, 9.17) is 10.5 Å². The first kappa shape index (κ1) is 13.6. The maximum absolute atomic E-state index is 11.6. The van der Waals surface area contributed by atoms with Crippen LogP contribution >= 0.6 is 0 Å². The first-order valence-electron chi connectivity index (χ1n) is 6.52. The molecule has 0 unspecified atom stereocenters. The fourth-order valence-electron chi connectivity index (χ4n) is 2.53. The van der Waals surface area contributed by atoms with Crippen molar-refractivity contribution >= 4 is 17.5 Å². The van der Waals surface area contributed by atoms with Gasteiger partial charge in [-0.05, 0) is 24.3 Å². The van der Waals surface area contributed by atoms with Crippen molar-refractivity contribution < 1.29 is 9.53 Å². The average molecular weight is 263 g/mol. The van der Waals surface area contributed by atoms with E-state index >= 15 is 0 Å². The van der Waals surface area contributed by atoms with Crippen molar-refractivity contribution in [3.05, 3.63) is 17.8 Å². The molecule has 1 aromatic heterocycles. The average Bonchev–Trinajstić information content (AvgIpc) is 2.37. The molecule has 5 heteroatoms. The number of nitrogens with two attached hydrogens (primary N) is 1. The number of esters is 1. The van der Waals surface area contributed by atoms with Gasteiger partial charge in [-0.15, -0.1) is 0 Å². The van der Waals surface area contributed by atoms with Crippen LogP contribution in [0.15, 0.2) is 12.3 Å². The van der Waals surface area contributed by atoms with Crippen molar-refractivity contribution in [2.24, 2.45) is 5.41 Å².